The van der Waals surface area contributed by atoms with Gasteiger partial charge in [-0.2, -0.15) is 0 Å². The van der Waals surface area contributed by atoms with Gasteiger partial charge in [0.2, 0.25) is 0 Å². The van der Waals surface area contributed by atoms with E-state index < -0.39 is 0 Å². The molecular weight excluding hydrogens is 317 g/mol. The molecule has 0 heterocycles. The molecule has 2 aliphatic carbocycles. The van der Waals surface area contributed by atoms with Crippen LogP contribution in [0.1, 0.15) is 26.3 Å². The summed E-state index contributed by atoms with van der Waals surface area (Å²) >= 11 is 1.36. The fourth-order valence-corrected chi connectivity index (χ4v) is 2.62. The SMILES string of the molecule is COC(=O)c1ccc(N)cc1[AsH2].O=C1c2cccc1c2. The van der Waals surface area contributed by atoms with Crippen LogP contribution < -0.4 is 10.1 Å². The van der Waals surface area contributed by atoms with Gasteiger partial charge in [-0.1, -0.05) is 18.2 Å². The molecule has 20 heavy (non-hydrogen) atoms. The molecule has 0 fully saturated rings. The fraction of sp³-hybridized carbons (Fsp3) is 0.0667. The summed E-state index contributed by atoms with van der Waals surface area (Å²) in [5.74, 6) is -0.109. The molecule has 2 bridgehead atoms. The Morgan fingerprint density at radius 2 is 1.80 bits per heavy atom. The molecule has 1 unspecified atom stereocenters. The van der Waals surface area contributed by atoms with E-state index in [1.807, 2.05) is 24.3 Å². The predicted octanol–water partition coefficient (Wildman–Crippen LogP) is 0.545. The predicted molar refractivity (Wildman–Crippen MR) is 80.2 cm³/mol. The normalized spacial score (nSPS) is 11.0. The molecule has 4 nitrogen and oxygen atoms in total. The van der Waals surface area contributed by atoms with Gasteiger partial charge in [-0.05, 0) is 6.07 Å². The van der Waals surface area contributed by atoms with E-state index in [1.54, 1.807) is 18.2 Å². The Morgan fingerprint density at radius 3 is 2.20 bits per heavy atom. The summed E-state index contributed by atoms with van der Waals surface area (Å²) in [5, 5.41) is 0. The van der Waals surface area contributed by atoms with Gasteiger partial charge in [0, 0.05) is 11.1 Å². The van der Waals surface area contributed by atoms with Crippen LogP contribution in [0.3, 0.4) is 0 Å². The van der Waals surface area contributed by atoms with Crippen molar-refractivity contribution in [2.45, 2.75) is 0 Å². The molecule has 0 saturated heterocycles. The molecule has 2 aromatic rings. The summed E-state index contributed by atoms with van der Waals surface area (Å²) in [6.45, 7) is 0. The number of methoxy groups -OCH3 is 1. The largest absolute Gasteiger partial charge is 0.289 e. The first-order chi connectivity index (χ1) is 9.52. The van der Waals surface area contributed by atoms with E-state index in [0.29, 0.717) is 11.3 Å². The smallest absolute Gasteiger partial charge is 0.193 e. The van der Waals surface area contributed by atoms with Gasteiger partial charge in [-0.3, -0.25) is 4.79 Å². The third kappa shape index (κ3) is 2.91. The molecule has 5 heteroatoms. The molecule has 0 spiro atoms. The van der Waals surface area contributed by atoms with Crippen molar-refractivity contribution in [2.24, 2.45) is 0 Å². The molecule has 0 saturated carbocycles. The third-order valence-electron chi connectivity index (χ3n) is 2.87. The number of nitrogen functional groups attached to an aromatic ring is 1. The van der Waals surface area contributed by atoms with E-state index in [4.69, 9.17) is 5.73 Å². The quantitative estimate of drug-likeness (QED) is 0.402. The zero-order valence-electron chi connectivity index (χ0n) is 10.9. The van der Waals surface area contributed by atoms with Crippen LogP contribution in [0.25, 0.3) is 0 Å². The maximum absolute atomic E-state index is 11.1. The summed E-state index contributed by atoms with van der Waals surface area (Å²) in [6.07, 6.45) is 0. The van der Waals surface area contributed by atoms with E-state index >= 15 is 0 Å². The van der Waals surface area contributed by atoms with Gasteiger partial charge in [0.25, 0.3) is 0 Å². The summed E-state index contributed by atoms with van der Waals surface area (Å²) < 4.78 is 5.48. The first-order valence-electron chi connectivity index (χ1n) is 5.91. The van der Waals surface area contributed by atoms with Crippen molar-refractivity contribution in [1.82, 2.24) is 0 Å². The maximum atomic E-state index is 11.1. The number of ether oxygens (including phenoxy) is 1. The van der Waals surface area contributed by atoms with Gasteiger partial charge in [-0.25, -0.2) is 0 Å². The molecule has 2 aromatic carbocycles. The van der Waals surface area contributed by atoms with Gasteiger partial charge in [0.05, 0.1) is 0 Å². The molecule has 1 atom stereocenters. The Hall–Kier alpha value is -2.06. The Bertz CT molecular complexity index is 654. The third-order valence-corrected chi connectivity index (χ3v) is 3.87. The first-order valence-corrected chi connectivity index (χ1v) is 7.12. The van der Waals surface area contributed by atoms with Crippen molar-refractivity contribution in [2.75, 3.05) is 12.8 Å². The number of anilines is 1. The molecule has 2 N–H and O–H groups in total. The van der Waals surface area contributed by atoms with Crippen molar-refractivity contribution in [3.8, 4) is 0 Å². The van der Waals surface area contributed by atoms with Gasteiger partial charge in [0.15, 0.2) is 5.78 Å². The number of esters is 1. The molecule has 0 aromatic heterocycles. The van der Waals surface area contributed by atoms with Crippen LogP contribution in [0.2, 0.25) is 0 Å². The molecule has 4 rings (SSSR count). The number of nitrogens with two attached hydrogens (primary N) is 1. The number of ketones is 1. The van der Waals surface area contributed by atoms with Crippen LogP contribution in [-0.2, 0) is 4.74 Å². The number of hydrogen-bond donors (Lipinski definition) is 1. The van der Waals surface area contributed by atoms with Crippen molar-refractivity contribution in [1.29, 1.82) is 0 Å². The summed E-state index contributed by atoms with van der Waals surface area (Å²) in [5.41, 5.74) is 8.48. The second kappa shape index (κ2) is 5.93. The van der Waals surface area contributed by atoms with Gasteiger partial charge in [-0.15, -0.1) is 0 Å². The van der Waals surface area contributed by atoms with Crippen LogP contribution in [-0.4, -0.2) is 35.7 Å². The standard InChI is InChI=1S/C8H10AsNO2.C7H4O/c1-12-8(11)6-3-2-5(10)4-7(6)9;8-7-5-2-1-3-6(7)4-5/h2-4H,9-10H2,1H3;1-4H. The average Bonchev–Trinajstić information content (AvgIpc) is 2.47. The maximum Gasteiger partial charge on any atom is 0.193 e. The minimum Gasteiger partial charge on any atom is -0.289 e. The van der Waals surface area contributed by atoms with Crippen LogP contribution in [0.5, 0.6) is 0 Å². The number of fused-ring (bicyclic) bond motifs is 2. The molecule has 2 aliphatic rings. The van der Waals surface area contributed by atoms with Crippen LogP contribution in [0.15, 0.2) is 42.5 Å². The van der Waals surface area contributed by atoms with Gasteiger partial charge < -0.3 is 0 Å². The van der Waals surface area contributed by atoms with Crippen molar-refractivity contribution >= 4 is 38.6 Å². The van der Waals surface area contributed by atoms with Crippen molar-refractivity contribution < 1.29 is 14.3 Å². The van der Waals surface area contributed by atoms with E-state index in [2.05, 4.69) is 4.74 Å². The molecule has 0 amide bonds. The van der Waals surface area contributed by atoms with Crippen LogP contribution in [0.4, 0.5) is 5.69 Å². The van der Waals surface area contributed by atoms with Crippen molar-refractivity contribution in [3.05, 3.63) is 59.2 Å². The van der Waals surface area contributed by atoms with E-state index in [0.717, 1.165) is 15.5 Å². The van der Waals surface area contributed by atoms with Crippen molar-refractivity contribution in [3.63, 3.8) is 0 Å². The van der Waals surface area contributed by atoms with E-state index in [1.165, 1.54) is 24.0 Å². The number of rotatable bonds is 1. The molecular formula is C15H14AsNO3. The minimum atomic E-state index is -0.311. The number of carbonyl (C=O) groups excluding carboxylic acids is 2. The Kier molecular flexibility index (Phi) is 4.25. The monoisotopic (exact) mass is 331 g/mol. The minimum absolute atomic E-state index is 0.201. The van der Waals surface area contributed by atoms with Crippen LogP contribution in [0, 0.1) is 0 Å². The number of benzene rings is 2. The molecule has 102 valence electrons. The average molecular weight is 331 g/mol. The summed E-state index contributed by atoms with van der Waals surface area (Å²) in [6, 6.07) is 12.6. The Balaban J connectivity index is 0.000000157. The second-order valence-corrected chi connectivity index (χ2v) is 5.55. The Morgan fingerprint density at radius 1 is 1.15 bits per heavy atom. The van der Waals surface area contributed by atoms with Gasteiger partial charge in [0.1, 0.15) is 0 Å². The molecule has 0 aliphatic heterocycles. The zero-order valence-corrected chi connectivity index (χ0v) is 13.3. The van der Waals surface area contributed by atoms with Crippen LogP contribution >= 0.6 is 0 Å². The molecule has 0 radical (unpaired) electrons. The fourth-order valence-electron chi connectivity index (χ4n) is 1.77. The second-order valence-electron chi connectivity index (χ2n) is 4.25. The Labute approximate surface area is 125 Å². The van der Waals surface area contributed by atoms with E-state index in [-0.39, 0.29) is 11.8 Å². The topological polar surface area (TPSA) is 69.4 Å². The first kappa shape index (κ1) is 14.3. The zero-order chi connectivity index (χ0) is 14.7. The van der Waals surface area contributed by atoms with E-state index in [9.17, 15) is 9.59 Å². The summed E-state index contributed by atoms with van der Waals surface area (Å²) in [4.78, 5) is 21.7. The number of carbonyl (C=O) groups is 2. The van der Waals surface area contributed by atoms with Gasteiger partial charge >= 0.3 is 79.0 Å². The number of hydrogen-bond acceptors (Lipinski definition) is 4. The summed E-state index contributed by atoms with van der Waals surface area (Å²) in [7, 11) is 1.37.